The van der Waals surface area contributed by atoms with E-state index >= 15 is 0 Å². The third-order valence-corrected chi connectivity index (χ3v) is 3.49. The number of benzene rings is 2. The van der Waals surface area contributed by atoms with E-state index in [-0.39, 0.29) is 5.82 Å². The number of aromatic nitrogens is 3. The number of halogens is 1. The highest BCUT2D eigenvalue weighted by Crippen LogP contribution is 2.08. The molecule has 2 N–H and O–H groups in total. The molecule has 0 aliphatic heterocycles. The van der Waals surface area contributed by atoms with Crippen LogP contribution < -0.4 is 10.6 Å². The summed E-state index contributed by atoms with van der Waals surface area (Å²) in [5.41, 5.74) is 2.22. The van der Waals surface area contributed by atoms with Crippen molar-refractivity contribution in [3.05, 3.63) is 77.7 Å². The van der Waals surface area contributed by atoms with Crippen LogP contribution in [0.25, 0.3) is 0 Å². The summed E-state index contributed by atoms with van der Waals surface area (Å²) in [5.74, 6) is 0.907. The van der Waals surface area contributed by atoms with Crippen LogP contribution in [0.3, 0.4) is 0 Å². The molecule has 1 aromatic heterocycles. The van der Waals surface area contributed by atoms with Crippen molar-refractivity contribution < 1.29 is 4.39 Å². The molecule has 122 valence electrons. The van der Waals surface area contributed by atoms with E-state index in [1.807, 2.05) is 30.3 Å². The van der Waals surface area contributed by atoms with Gasteiger partial charge in [0.25, 0.3) is 0 Å². The summed E-state index contributed by atoms with van der Waals surface area (Å²) < 4.78 is 12.9. The van der Waals surface area contributed by atoms with E-state index in [0.717, 1.165) is 12.0 Å². The Morgan fingerprint density at radius 3 is 2.46 bits per heavy atom. The van der Waals surface area contributed by atoms with Gasteiger partial charge in [0.2, 0.25) is 5.95 Å². The molecule has 0 aliphatic rings. The summed E-state index contributed by atoms with van der Waals surface area (Å²) in [6.45, 7) is 1.32. The fraction of sp³-hybridized carbons (Fsp3) is 0.167. The number of nitrogens with zero attached hydrogens (tertiary/aromatic N) is 3. The van der Waals surface area contributed by atoms with E-state index in [2.05, 4.69) is 25.8 Å². The molecule has 2 aromatic carbocycles. The van der Waals surface area contributed by atoms with Gasteiger partial charge in [-0.3, -0.25) is 0 Å². The SMILES string of the molecule is Fc1ccc(CCNc2nncc(NCc3ccccc3)n2)cc1. The van der Waals surface area contributed by atoms with Gasteiger partial charge in [0.15, 0.2) is 5.82 Å². The predicted molar refractivity (Wildman–Crippen MR) is 92.2 cm³/mol. The Morgan fingerprint density at radius 1 is 0.875 bits per heavy atom. The van der Waals surface area contributed by atoms with Gasteiger partial charge in [-0.2, -0.15) is 10.1 Å². The van der Waals surface area contributed by atoms with E-state index in [1.165, 1.54) is 17.7 Å². The van der Waals surface area contributed by atoms with Gasteiger partial charge < -0.3 is 10.6 Å². The van der Waals surface area contributed by atoms with Crippen LogP contribution in [0.1, 0.15) is 11.1 Å². The Bertz CT molecular complexity index is 762. The average molecular weight is 323 g/mol. The first-order chi connectivity index (χ1) is 11.8. The van der Waals surface area contributed by atoms with Gasteiger partial charge in [-0.1, -0.05) is 42.5 Å². The van der Waals surface area contributed by atoms with Gasteiger partial charge in [0.05, 0.1) is 6.20 Å². The van der Waals surface area contributed by atoms with Crippen molar-refractivity contribution in [2.75, 3.05) is 17.2 Å². The van der Waals surface area contributed by atoms with Crippen LogP contribution in [0.15, 0.2) is 60.8 Å². The molecular formula is C18H18FN5. The third-order valence-electron chi connectivity index (χ3n) is 3.49. The zero-order valence-electron chi connectivity index (χ0n) is 13.1. The van der Waals surface area contributed by atoms with Crippen LogP contribution in [-0.2, 0) is 13.0 Å². The van der Waals surface area contributed by atoms with Crippen LogP contribution in [0.5, 0.6) is 0 Å². The molecule has 1 heterocycles. The van der Waals surface area contributed by atoms with E-state index in [4.69, 9.17) is 0 Å². The van der Waals surface area contributed by atoms with Crippen molar-refractivity contribution in [3.8, 4) is 0 Å². The second-order valence-corrected chi connectivity index (χ2v) is 5.31. The van der Waals surface area contributed by atoms with Gasteiger partial charge in [-0.25, -0.2) is 4.39 Å². The topological polar surface area (TPSA) is 62.7 Å². The summed E-state index contributed by atoms with van der Waals surface area (Å²) in [4.78, 5) is 4.38. The second kappa shape index (κ2) is 8.01. The highest BCUT2D eigenvalue weighted by Gasteiger charge is 2.01. The maximum Gasteiger partial charge on any atom is 0.244 e. The number of nitrogens with one attached hydrogen (secondary N) is 2. The molecule has 0 unspecified atom stereocenters. The molecule has 0 saturated carbocycles. The molecule has 0 amide bonds. The molecule has 6 heteroatoms. The van der Waals surface area contributed by atoms with Crippen molar-refractivity contribution in [2.24, 2.45) is 0 Å². The third kappa shape index (κ3) is 4.74. The van der Waals surface area contributed by atoms with E-state index in [0.29, 0.717) is 24.9 Å². The van der Waals surface area contributed by atoms with Gasteiger partial charge >= 0.3 is 0 Å². The normalized spacial score (nSPS) is 10.4. The van der Waals surface area contributed by atoms with Crippen molar-refractivity contribution in [1.82, 2.24) is 15.2 Å². The summed E-state index contributed by atoms with van der Waals surface area (Å²) >= 11 is 0. The monoisotopic (exact) mass is 323 g/mol. The van der Waals surface area contributed by atoms with Crippen molar-refractivity contribution in [2.45, 2.75) is 13.0 Å². The minimum absolute atomic E-state index is 0.226. The number of hydrogen-bond donors (Lipinski definition) is 2. The fourth-order valence-electron chi connectivity index (χ4n) is 2.22. The quantitative estimate of drug-likeness (QED) is 0.699. The van der Waals surface area contributed by atoms with E-state index in [9.17, 15) is 4.39 Å². The van der Waals surface area contributed by atoms with Gasteiger partial charge in [-0.15, -0.1) is 5.10 Å². The fourth-order valence-corrected chi connectivity index (χ4v) is 2.22. The van der Waals surface area contributed by atoms with Crippen molar-refractivity contribution in [1.29, 1.82) is 0 Å². The van der Waals surface area contributed by atoms with E-state index in [1.54, 1.807) is 18.3 Å². The van der Waals surface area contributed by atoms with Crippen LogP contribution in [0.4, 0.5) is 16.2 Å². The number of rotatable bonds is 7. The largest absolute Gasteiger partial charge is 0.365 e. The van der Waals surface area contributed by atoms with E-state index < -0.39 is 0 Å². The minimum atomic E-state index is -0.226. The molecule has 0 radical (unpaired) electrons. The lowest BCUT2D eigenvalue weighted by atomic mass is 10.1. The highest BCUT2D eigenvalue weighted by atomic mass is 19.1. The zero-order valence-corrected chi connectivity index (χ0v) is 13.1. The lowest BCUT2D eigenvalue weighted by Gasteiger charge is -2.08. The minimum Gasteiger partial charge on any atom is -0.365 e. The first-order valence-electron chi connectivity index (χ1n) is 7.75. The summed E-state index contributed by atoms with van der Waals surface area (Å²) in [5, 5.41) is 14.3. The van der Waals surface area contributed by atoms with Crippen molar-refractivity contribution >= 4 is 11.8 Å². The number of hydrogen-bond acceptors (Lipinski definition) is 5. The average Bonchev–Trinajstić information content (AvgIpc) is 2.63. The van der Waals surface area contributed by atoms with Crippen LogP contribution >= 0.6 is 0 Å². The van der Waals surface area contributed by atoms with Gasteiger partial charge in [-0.05, 0) is 29.7 Å². The zero-order chi connectivity index (χ0) is 16.6. The lowest BCUT2D eigenvalue weighted by molar-refractivity contribution is 0.627. The van der Waals surface area contributed by atoms with Crippen molar-refractivity contribution in [3.63, 3.8) is 0 Å². The molecule has 0 bridgehead atoms. The molecule has 5 nitrogen and oxygen atoms in total. The lowest BCUT2D eigenvalue weighted by Crippen LogP contribution is -2.10. The Kier molecular flexibility index (Phi) is 5.29. The Hall–Kier alpha value is -3.02. The molecule has 0 aliphatic carbocycles. The summed E-state index contributed by atoms with van der Waals surface area (Å²) in [7, 11) is 0. The molecule has 0 spiro atoms. The molecule has 3 rings (SSSR count). The van der Waals surface area contributed by atoms with Crippen LogP contribution in [-0.4, -0.2) is 21.7 Å². The van der Waals surface area contributed by atoms with Crippen LogP contribution in [0.2, 0.25) is 0 Å². The molecule has 24 heavy (non-hydrogen) atoms. The van der Waals surface area contributed by atoms with Gasteiger partial charge in [0, 0.05) is 13.1 Å². The van der Waals surface area contributed by atoms with Gasteiger partial charge in [0.1, 0.15) is 5.82 Å². The molecule has 3 aromatic rings. The Balaban J connectivity index is 1.50. The predicted octanol–water partition coefficient (Wildman–Crippen LogP) is 3.28. The molecule has 0 fully saturated rings. The maximum atomic E-state index is 12.9. The second-order valence-electron chi connectivity index (χ2n) is 5.31. The maximum absolute atomic E-state index is 12.9. The van der Waals surface area contributed by atoms with Crippen LogP contribution in [0, 0.1) is 5.82 Å². The number of anilines is 2. The Morgan fingerprint density at radius 2 is 1.67 bits per heavy atom. The standard InChI is InChI=1S/C18H18FN5/c19-16-8-6-14(7-9-16)10-11-20-18-23-17(13-22-24-18)21-12-15-4-2-1-3-5-15/h1-9,13H,10-12H2,(H2,20,21,23,24). The Labute approximate surface area is 140 Å². The summed E-state index contributed by atoms with van der Waals surface area (Å²) in [6, 6.07) is 16.5. The smallest absolute Gasteiger partial charge is 0.244 e. The molecule has 0 saturated heterocycles. The summed E-state index contributed by atoms with van der Waals surface area (Å²) in [6.07, 6.45) is 2.35. The molecule has 0 atom stereocenters. The first kappa shape index (κ1) is 15.9. The first-order valence-corrected chi connectivity index (χ1v) is 7.75. The highest BCUT2D eigenvalue weighted by molar-refractivity contribution is 5.38. The molecular weight excluding hydrogens is 305 g/mol.